The zero-order valence-corrected chi connectivity index (χ0v) is 16.2. The molecule has 1 N–H and O–H groups in total. The molecule has 0 spiro atoms. The summed E-state index contributed by atoms with van der Waals surface area (Å²) in [5.41, 5.74) is 1.85. The smallest absolute Gasteiger partial charge is 0.267 e. The van der Waals surface area contributed by atoms with Crippen molar-refractivity contribution in [2.45, 2.75) is 20.0 Å². The number of fused-ring (bicyclic) bond motifs is 1. The maximum Gasteiger partial charge on any atom is 0.267 e. The number of benzene rings is 2. The van der Waals surface area contributed by atoms with Gasteiger partial charge in [0.05, 0.1) is 30.8 Å². The highest BCUT2D eigenvalue weighted by atomic mass is 32.2. The van der Waals surface area contributed by atoms with Crippen molar-refractivity contribution >= 4 is 27.3 Å². The van der Waals surface area contributed by atoms with Crippen LogP contribution < -0.4 is 19.1 Å². The minimum Gasteiger partial charge on any atom is -0.492 e. The van der Waals surface area contributed by atoms with Gasteiger partial charge in [-0.2, -0.15) is 0 Å². The molecule has 1 heterocycles. The van der Waals surface area contributed by atoms with Crippen molar-refractivity contribution in [1.82, 2.24) is 0 Å². The number of para-hydroxylation sites is 2. The molecule has 0 aromatic heterocycles. The molecule has 1 amide bonds. The monoisotopic (exact) mass is 390 g/mol. The summed E-state index contributed by atoms with van der Waals surface area (Å²) in [6.07, 6.45) is 0.133. The first kappa shape index (κ1) is 19.0. The van der Waals surface area contributed by atoms with Crippen LogP contribution in [0, 0.1) is 6.92 Å². The van der Waals surface area contributed by atoms with Crippen LogP contribution in [0.15, 0.2) is 42.5 Å². The van der Waals surface area contributed by atoms with Crippen LogP contribution >= 0.6 is 0 Å². The Morgan fingerprint density at radius 2 is 2.04 bits per heavy atom. The molecule has 2 aromatic rings. The molecule has 1 aliphatic rings. The molecule has 27 heavy (non-hydrogen) atoms. The number of carbonyl (C=O) groups excluding carboxylic acids is 1. The van der Waals surface area contributed by atoms with Crippen LogP contribution in [-0.2, 0) is 14.8 Å². The first-order valence-electron chi connectivity index (χ1n) is 8.57. The number of rotatable bonds is 5. The molecule has 0 saturated heterocycles. The van der Waals surface area contributed by atoms with Gasteiger partial charge in [0.25, 0.3) is 5.91 Å². The number of anilines is 2. The lowest BCUT2D eigenvalue weighted by Gasteiger charge is -2.34. The molecule has 0 radical (unpaired) electrons. The molecule has 2 aromatic carbocycles. The maximum absolute atomic E-state index is 12.8. The largest absolute Gasteiger partial charge is 0.492 e. The summed E-state index contributed by atoms with van der Waals surface area (Å²) in [4.78, 5) is 12.8. The Balaban J connectivity index is 1.88. The molecule has 0 bridgehead atoms. The number of hydrogen-bond acceptors (Lipinski definition) is 5. The number of aryl methyl sites for hydroxylation is 1. The minimum atomic E-state index is -3.56. The second-order valence-electron chi connectivity index (χ2n) is 6.29. The van der Waals surface area contributed by atoms with Crippen molar-refractivity contribution in [2.75, 3.05) is 29.0 Å². The zero-order valence-electron chi connectivity index (χ0n) is 15.4. The van der Waals surface area contributed by atoms with Crippen LogP contribution in [0.25, 0.3) is 0 Å². The van der Waals surface area contributed by atoms with Gasteiger partial charge in [0.2, 0.25) is 10.0 Å². The van der Waals surface area contributed by atoms with Crippen LogP contribution in [0.2, 0.25) is 0 Å². The molecular formula is C19H22N2O5S. The Morgan fingerprint density at radius 3 is 2.74 bits per heavy atom. The van der Waals surface area contributed by atoms with E-state index in [-0.39, 0.29) is 6.54 Å². The average molecular weight is 390 g/mol. The maximum atomic E-state index is 12.8. The number of amides is 1. The lowest BCUT2D eigenvalue weighted by atomic mass is 10.1. The van der Waals surface area contributed by atoms with Crippen LogP contribution in [0.3, 0.4) is 0 Å². The van der Waals surface area contributed by atoms with Gasteiger partial charge in [-0.3, -0.25) is 9.10 Å². The number of nitrogens with one attached hydrogen (secondary N) is 1. The van der Waals surface area contributed by atoms with Crippen molar-refractivity contribution in [1.29, 1.82) is 0 Å². The summed E-state index contributed by atoms with van der Waals surface area (Å²) in [6, 6.07) is 12.3. The molecule has 8 heteroatoms. The number of carbonyl (C=O) groups is 1. The molecule has 0 fully saturated rings. The predicted octanol–water partition coefficient (Wildman–Crippen LogP) is 2.56. The highest BCUT2D eigenvalue weighted by Crippen LogP contribution is 2.36. The van der Waals surface area contributed by atoms with Gasteiger partial charge in [-0.15, -0.1) is 0 Å². The van der Waals surface area contributed by atoms with E-state index < -0.39 is 22.0 Å². The third kappa shape index (κ3) is 4.16. The number of sulfonamides is 1. The molecule has 3 rings (SSSR count). The van der Waals surface area contributed by atoms with Crippen molar-refractivity contribution in [3.63, 3.8) is 0 Å². The van der Waals surface area contributed by atoms with E-state index in [1.165, 1.54) is 4.31 Å². The Morgan fingerprint density at radius 1 is 1.30 bits per heavy atom. The van der Waals surface area contributed by atoms with Crippen LogP contribution in [0.1, 0.15) is 12.5 Å². The fourth-order valence-electron chi connectivity index (χ4n) is 2.88. The molecule has 1 atom stereocenters. The normalized spacial score (nSPS) is 16.3. The van der Waals surface area contributed by atoms with Crippen molar-refractivity contribution in [2.24, 2.45) is 0 Å². The SMILES string of the molecule is CCOc1ccccc1NC(=O)C1CN(S(C)(=O)=O)c2cc(C)ccc2O1. The molecular weight excluding hydrogens is 368 g/mol. The molecule has 144 valence electrons. The van der Waals surface area contributed by atoms with Crippen LogP contribution in [0.5, 0.6) is 11.5 Å². The third-order valence-corrected chi connectivity index (χ3v) is 5.27. The average Bonchev–Trinajstić information content (AvgIpc) is 2.61. The molecule has 0 saturated carbocycles. The van der Waals surface area contributed by atoms with E-state index in [1.807, 2.05) is 26.0 Å². The van der Waals surface area contributed by atoms with Gasteiger partial charge in [0.1, 0.15) is 11.5 Å². The first-order chi connectivity index (χ1) is 12.8. The zero-order chi connectivity index (χ0) is 19.6. The Labute approximate surface area is 158 Å². The third-order valence-electron chi connectivity index (χ3n) is 4.12. The van der Waals surface area contributed by atoms with E-state index in [0.29, 0.717) is 29.5 Å². The van der Waals surface area contributed by atoms with Crippen LogP contribution in [0.4, 0.5) is 11.4 Å². The van der Waals surface area contributed by atoms with Gasteiger partial charge in [-0.1, -0.05) is 18.2 Å². The second kappa shape index (κ2) is 7.48. The van der Waals surface area contributed by atoms with Gasteiger partial charge in [-0.05, 0) is 43.7 Å². The van der Waals surface area contributed by atoms with Gasteiger partial charge >= 0.3 is 0 Å². The van der Waals surface area contributed by atoms with E-state index in [2.05, 4.69) is 5.32 Å². The van der Waals surface area contributed by atoms with E-state index in [9.17, 15) is 13.2 Å². The fraction of sp³-hybridized carbons (Fsp3) is 0.316. The van der Waals surface area contributed by atoms with Gasteiger partial charge in [0, 0.05) is 0 Å². The molecule has 1 aliphatic heterocycles. The summed E-state index contributed by atoms with van der Waals surface area (Å²) >= 11 is 0. The lowest BCUT2D eigenvalue weighted by molar-refractivity contribution is -0.122. The quantitative estimate of drug-likeness (QED) is 0.848. The number of ether oxygens (including phenoxy) is 2. The summed E-state index contributed by atoms with van der Waals surface area (Å²) in [6.45, 7) is 4.08. The number of hydrogen-bond donors (Lipinski definition) is 1. The highest BCUT2D eigenvalue weighted by molar-refractivity contribution is 7.92. The van der Waals surface area contributed by atoms with E-state index in [0.717, 1.165) is 11.8 Å². The van der Waals surface area contributed by atoms with Gasteiger partial charge in [0.15, 0.2) is 6.10 Å². The molecule has 1 unspecified atom stereocenters. The first-order valence-corrected chi connectivity index (χ1v) is 10.4. The second-order valence-corrected chi connectivity index (χ2v) is 8.20. The topological polar surface area (TPSA) is 84.9 Å². The number of nitrogens with zero attached hydrogens (tertiary/aromatic N) is 1. The Kier molecular flexibility index (Phi) is 5.27. The Hall–Kier alpha value is -2.74. The molecule has 0 aliphatic carbocycles. The summed E-state index contributed by atoms with van der Waals surface area (Å²) < 4.78 is 37.0. The highest BCUT2D eigenvalue weighted by Gasteiger charge is 2.35. The standard InChI is InChI=1S/C19H22N2O5S/c1-4-25-16-8-6-5-7-14(16)20-19(22)18-12-21(27(3,23)24)15-11-13(2)9-10-17(15)26-18/h5-11,18H,4,12H2,1-3H3,(H,20,22). The molecule has 7 nitrogen and oxygen atoms in total. The van der Waals surface area contributed by atoms with Gasteiger partial charge in [-0.25, -0.2) is 8.42 Å². The summed E-state index contributed by atoms with van der Waals surface area (Å²) in [5, 5.41) is 2.77. The fourth-order valence-corrected chi connectivity index (χ4v) is 3.78. The predicted molar refractivity (Wildman–Crippen MR) is 104 cm³/mol. The van der Waals surface area contributed by atoms with Gasteiger partial charge < -0.3 is 14.8 Å². The summed E-state index contributed by atoms with van der Waals surface area (Å²) in [5.74, 6) is 0.456. The van der Waals surface area contributed by atoms with Crippen LogP contribution in [-0.4, -0.2) is 39.8 Å². The summed E-state index contributed by atoms with van der Waals surface area (Å²) in [7, 11) is -3.56. The van der Waals surface area contributed by atoms with Crippen molar-refractivity contribution in [3.05, 3.63) is 48.0 Å². The van der Waals surface area contributed by atoms with Crippen molar-refractivity contribution in [3.8, 4) is 11.5 Å². The lowest BCUT2D eigenvalue weighted by Crippen LogP contribution is -2.48. The van der Waals surface area contributed by atoms with E-state index in [1.54, 1.807) is 30.3 Å². The Bertz CT molecular complexity index is 958. The van der Waals surface area contributed by atoms with E-state index >= 15 is 0 Å². The minimum absolute atomic E-state index is 0.0993. The van der Waals surface area contributed by atoms with Crippen molar-refractivity contribution < 1.29 is 22.7 Å². The van der Waals surface area contributed by atoms with E-state index in [4.69, 9.17) is 9.47 Å².